The molecule has 0 aromatic rings. The van der Waals surface area contributed by atoms with Gasteiger partial charge in [0.1, 0.15) is 0 Å². The highest BCUT2D eigenvalue weighted by molar-refractivity contribution is 7.99. The van der Waals surface area contributed by atoms with Crippen molar-refractivity contribution < 1.29 is 4.79 Å². The summed E-state index contributed by atoms with van der Waals surface area (Å²) >= 11 is 1.99. The van der Waals surface area contributed by atoms with Gasteiger partial charge in [-0.05, 0) is 37.3 Å². The van der Waals surface area contributed by atoms with Crippen LogP contribution in [-0.4, -0.2) is 36.0 Å². The number of thioether (sulfide) groups is 1. The molecule has 2 fully saturated rings. The van der Waals surface area contributed by atoms with E-state index in [9.17, 15) is 4.79 Å². The van der Waals surface area contributed by atoms with E-state index in [0.29, 0.717) is 6.04 Å². The summed E-state index contributed by atoms with van der Waals surface area (Å²) in [5.41, 5.74) is 0. The predicted molar refractivity (Wildman–Crippen MR) is 54.9 cm³/mol. The molecule has 2 aliphatic heterocycles. The maximum Gasteiger partial charge on any atom is 0.237 e. The van der Waals surface area contributed by atoms with Crippen LogP contribution in [0.2, 0.25) is 0 Å². The number of nitrogens with one attached hydrogen (secondary N) is 2. The molecule has 1 amide bonds. The highest BCUT2D eigenvalue weighted by Gasteiger charge is 2.26. The van der Waals surface area contributed by atoms with Crippen LogP contribution in [0.5, 0.6) is 0 Å². The molecule has 1 atom stereocenters. The first-order valence-electron chi connectivity index (χ1n) is 4.98. The van der Waals surface area contributed by atoms with Crippen molar-refractivity contribution in [1.29, 1.82) is 0 Å². The van der Waals surface area contributed by atoms with Crippen LogP contribution >= 0.6 is 11.8 Å². The minimum absolute atomic E-state index is 0.106. The minimum Gasteiger partial charge on any atom is -0.352 e. The molecule has 2 N–H and O–H groups in total. The maximum atomic E-state index is 11.5. The van der Waals surface area contributed by atoms with Gasteiger partial charge in [-0.3, -0.25) is 4.79 Å². The Morgan fingerprint density at radius 1 is 1.31 bits per heavy atom. The van der Waals surface area contributed by atoms with Gasteiger partial charge in [0.15, 0.2) is 0 Å². The quantitative estimate of drug-likeness (QED) is 0.676. The van der Waals surface area contributed by atoms with E-state index in [2.05, 4.69) is 10.6 Å². The van der Waals surface area contributed by atoms with Gasteiger partial charge in [-0.25, -0.2) is 0 Å². The molecule has 0 bridgehead atoms. The largest absolute Gasteiger partial charge is 0.352 e. The molecule has 0 aliphatic carbocycles. The highest BCUT2D eigenvalue weighted by Crippen LogP contribution is 2.17. The number of carbonyl (C=O) groups is 1. The summed E-state index contributed by atoms with van der Waals surface area (Å²) in [7, 11) is 0. The Balaban J connectivity index is 1.72. The lowest BCUT2D eigenvalue weighted by Crippen LogP contribution is -2.55. The second kappa shape index (κ2) is 4.33. The molecule has 2 aliphatic rings. The van der Waals surface area contributed by atoms with Crippen LogP contribution in [0.4, 0.5) is 0 Å². The molecule has 3 nitrogen and oxygen atoms in total. The zero-order valence-electron chi connectivity index (χ0n) is 7.71. The monoisotopic (exact) mass is 200 g/mol. The van der Waals surface area contributed by atoms with Crippen molar-refractivity contribution in [1.82, 2.24) is 10.6 Å². The van der Waals surface area contributed by atoms with E-state index >= 15 is 0 Å². The molecule has 13 heavy (non-hydrogen) atoms. The standard InChI is InChI=1S/C9H16N2OS/c12-9(8-1-4-10-8)11-7-2-5-13-6-3-7/h7-8,10H,1-6H2,(H,11,12). The number of rotatable bonds is 2. The van der Waals surface area contributed by atoms with E-state index in [1.54, 1.807) is 0 Å². The van der Waals surface area contributed by atoms with Crippen LogP contribution in [0, 0.1) is 0 Å². The Hall–Kier alpha value is -0.220. The average Bonchev–Trinajstić information content (AvgIpc) is 2.02. The van der Waals surface area contributed by atoms with E-state index < -0.39 is 0 Å². The van der Waals surface area contributed by atoms with Crippen molar-refractivity contribution >= 4 is 17.7 Å². The Bertz CT molecular complexity index is 188. The predicted octanol–water partition coefficient (Wildman–Crippen LogP) is 0.360. The lowest BCUT2D eigenvalue weighted by Gasteiger charge is -2.30. The first-order valence-corrected chi connectivity index (χ1v) is 6.13. The molecule has 2 rings (SSSR count). The number of carbonyl (C=O) groups excluding carboxylic acids is 1. The molecular weight excluding hydrogens is 184 g/mol. The van der Waals surface area contributed by atoms with Gasteiger partial charge in [-0.2, -0.15) is 11.8 Å². The lowest BCUT2D eigenvalue weighted by atomic mass is 10.1. The topological polar surface area (TPSA) is 41.1 Å². The third-order valence-corrected chi connectivity index (χ3v) is 3.76. The van der Waals surface area contributed by atoms with Crippen molar-refractivity contribution in [3.8, 4) is 0 Å². The fraction of sp³-hybridized carbons (Fsp3) is 0.889. The molecule has 2 heterocycles. The smallest absolute Gasteiger partial charge is 0.237 e. The fourth-order valence-electron chi connectivity index (χ4n) is 1.66. The summed E-state index contributed by atoms with van der Waals surface area (Å²) in [6.07, 6.45) is 3.29. The molecule has 0 spiro atoms. The van der Waals surface area contributed by atoms with E-state index in [4.69, 9.17) is 0 Å². The van der Waals surface area contributed by atoms with Crippen LogP contribution in [0.3, 0.4) is 0 Å². The van der Waals surface area contributed by atoms with Gasteiger partial charge in [-0.15, -0.1) is 0 Å². The summed E-state index contributed by atoms with van der Waals surface area (Å²) in [6, 6.07) is 0.547. The summed E-state index contributed by atoms with van der Waals surface area (Å²) in [6.45, 7) is 0.999. The Kier molecular flexibility index (Phi) is 3.11. The third kappa shape index (κ3) is 2.38. The van der Waals surface area contributed by atoms with Crippen LogP contribution in [0.1, 0.15) is 19.3 Å². The molecule has 0 aromatic heterocycles. The van der Waals surface area contributed by atoms with Crippen molar-refractivity contribution in [3.05, 3.63) is 0 Å². The normalized spacial score (nSPS) is 29.4. The van der Waals surface area contributed by atoms with Gasteiger partial charge < -0.3 is 10.6 Å². The number of amides is 1. The van der Waals surface area contributed by atoms with Gasteiger partial charge in [-0.1, -0.05) is 0 Å². The van der Waals surface area contributed by atoms with Gasteiger partial charge >= 0.3 is 0 Å². The third-order valence-electron chi connectivity index (χ3n) is 2.71. The van der Waals surface area contributed by atoms with Crippen LogP contribution in [0.25, 0.3) is 0 Å². The molecule has 0 radical (unpaired) electrons. The van der Waals surface area contributed by atoms with Gasteiger partial charge in [0, 0.05) is 6.04 Å². The lowest BCUT2D eigenvalue weighted by molar-refractivity contribution is -0.125. The fourth-order valence-corrected chi connectivity index (χ4v) is 2.76. The molecule has 2 saturated heterocycles. The molecule has 1 unspecified atom stereocenters. The zero-order chi connectivity index (χ0) is 9.10. The van der Waals surface area contributed by atoms with Crippen LogP contribution in [0.15, 0.2) is 0 Å². The second-order valence-electron chi connectivity index (χ2n) is 3.69. The minimum atomic E-state index is 0.106. The molecule has 0 aromatic carbocycles. The van der Waals surface area contributed by atoms with E-state index in [1.165, 1.54) is 11.5 Å². The Morgan fingerprint density at radius 2 is 2.00 bits per heavy atom. The molecule has 74 valence electrons. The SMILES string of the molecule is O=C(NC1CCSCC1)C1CCN1. The first-order chi connectivity index (χ1) is 6.36. The Labute approximate surface area is 83.0 Å². The van der Waals surface area contributed by atoms with E-state index in [0.717, 1.165) is 25.8 Å². The maximum absolute atomic E-state index is 11.5. The van der Waals surface area contributed by atoms with Crippen LogP contribution in [-0.2, 0) is 4.79 Å². The van der Waals surface area contributed by atoms with Gasteiger partial charge in [0.2, 0.25) is 5.91 Å². The van der Waals surface area contributed by atoms with Gasteiger partial charge in [0.25, 0.3) is 0 Å². The summed E-state index contributed by atoms with van der Waals surface area (Å²) < 4.78 is 0. The highest BCUT2D eigenvalue weighted by atomic mass is 32.2. The van der Waals surface area contributed by atoms with Crippen molar-refractivity contribution in [2.75, 3.05) is 18.1 Å². The number of hydrogen-bond acceptors (Lipinski definition) is 3. The first kappa shape index (κ1) is 9.34. The average molecular weight is 200 g/mol. The molecule has 4 heteroatoms. The van der Waals surface area contributed by atoms with Crippen molar-refractivity contribution in [3.63, 3.8) is 0 Å². The van der Waals surface area contributed by atoms with Crippen molar-refractivity contribution in [2.45, 2.75) is 31.3 Å². The Morgan fingerprint density at radius 3 is 2.54 bits per heavy atom. The number of hydrogen-bond donors (Lipinski definition) is 2. The zero-order valence-corrected chi connectivity index (χ0v) is 8.53. The summed E-state index contributed by atoms with van der Waals surface area (Å²) in [5.74, 6) is 2.61. The summed E-state index contributed by atoms with van der Waals surface area (Å²) in [5, 5.41) is 6.22. The second-order valence-corrected chi connectivity index (χ2v) is 4.92. The van der Waals surface area contributed by atoms with Crippen molar-refractivity contribution in [2.24, 2.45) is 0 Å². The van der Waals surface area contributed by atoms with Crippen LogP contribution < -0.4 is 10.6 Å². The van der Waals surface area contributed by atoms with E-state index in [-0.39, 0.29) is 11.9 Å². The van der Waals surface area contributed by atoms with E-state index in [1.807, 2.05) is 11.8 Å². The molecular formula is C9H16N2OS. The van der Waals surface area contributed by atoms with Gasteiger partial charge in [0.05, 0.1) is 6.04 Å². The molecule has 0 saturated carbocycles. The summed E-state index contributed by atoms with van der Waals surface area (Å²) in [4.78, 5) is 11.5.